The molecule has 2 aromatic rings. The van der Waals surface area contributed by atoms with Gasteiger partial charge in [-0.2, -0.15) is 5.10 Å². The van der Waals surface area contributed by atoms with Crippen LogP contribution < -0.4 is 15.2 Å². The zero-order chi connectivity index (χ0) is 13.1. The van der Waals surface area contributed by atoms with Gasteiger partial charge in [0.05, 0.1) is 31.0 Å². The van der Waals surface area contributed by atoms with Gasteiger partial charge in [0.2, 0.25) is 0 Å². The van der Waals surface area contributed by atoms with Crippen LogP contribution in [0, 0.1) is 0 Å². The van der Waals surface area contributed by atoms with Gasteiger partial charge in [-0.15, -0.1) is 0 Å². The first kappa shape index (κ1) is 12.3. The van der Waals surface area contributed by atoms with E-state index in [1.54, 1.807) is 25.0 Å². The maximum absolute atomic E-state index is 6.01. The number of ether oxygens (including phenoxy) is 2. The molecule has 2 rings (SSSR count). The minimum Gasteiger partial charge on any atom is -0.496 e. The molecule has 5 heteroatoms. The van der Waals surface area contributed by atoms with Crippen LogP contribution in [0.2, 0.25) is 0 Å². The van der Waals surface area contributed by atoms with Crippen molar-refractivity contribution in [1.29, 1.82) is 0 Å². The van der Waals surface area contributed by atoms with Crippen molar-refractivity contribution < 1.29 is 9.47 Å². The molecule has 0 radical (unpaired) electrons. The van der Waals surface area contributed by atoms with Crippen LogP contribution in [0.3, 0.4) is 0 Å². The maximum atomic E-state index is 6.01. The molecule has 0 aliphatic carbocycles. The summed E-state index contributed by atoms with van der Waals surface area (Å²) in [7, 11) is 3.43. The molecule has 5 nitrogen and oxygen atoms in total. The molecule has 1 aromatic carbocycles. The molecule has 0 atom stereocenters. The molecule has 0 fully saturated rings. The van der Waals surface area contributed by atoms with Crippen molar-refractivity contribution in [3.8, 4) is 22.6 Å². The first-order valence-corrected chi connectivity index (χ1v) is 5.76. The summed E-state index contributed by atoms with van der Waals surface area (Å²) in [4.78, 5) is 0. The summed E-state index contributed by atoms with van der Waals surface area (Å²) in [5.41, 5.74) is 7.67. The van der Waals surface area contributed by atoms with E-state index in [4.69, 9.17) is 15.2 Å². The number of hydrogen-bond donors (Lipinski definition) is 1. The highest BCUT2D eigenvalue weighted by atomic mass is 16.5. The van der Waals surface area contributed by atoms with Gasteiger partial charge in [0.15, 0.2) is 0 Å². The van der Waals surface area contributed by atoms with Crippen molar-refractivity contribution in [2.45, 2.75) is 6.92 Å². The van der Waals surface area contributed by atoms with E-state index in [1.807, 2.05) is 25.1 Å². The molecule has 0 unspecified atom stereocenters. The predicted molar refractivity (Wildman–Crippen MR) is 70.8 cm³/mol. The Balaban J connectivity index is 2.63. The monoisotopic (exact) mass is 247 g/mol. The zero-order valence-corrected chi connectivity index (χ0v) is 10.8. The van der Waals surface area contributed by atoms with Crippen LogP contribution in [0.25, 0.3) is 11.1 Å². The number of rotatable bonds is 4. The largest absolute Gasteiger partial charge is 0.496 e. The topological polar surface area (TPSA) is 62.3 Å². The van der Waals surface area contributed by atoms with Crippen molar-refractivity contribution >= 4 is 5.82 Å². The van der Waals surface area contributed by atoms with Crippen LogP contribution in [0.15, 0.2) is 24.4 Å². The van der Waals surface area contributed by atoms with Gasteiger partial charge in [-0.3, -0.25) is 4.68 Å². The van der Waals surface area contributed by atoms with Crippen LogP contribution in [-0.2, 0) is 7.05 Å². The quantitative estimate of drug-likeness (QED) is 0.898. The summed E-state index contributed by atoms with van der Waals surface area (Å²) in [5.74, 6) is 2.05. The molecule has 0 aliphatic heterocycles. The van der Waals surface area contributed by atoms with E-state index in [0.717, 1.165) is 22.6 Å². The number of nitrogen functional groups attached to an aromatic ring is 1. The SMILES string of the molecule is CCOc1cccc(OC)c1-c1cnn(C)c1N. The van der Waals surface area contributed by atoms with E-state index in [2.05, 4.69) is 5.10 Å². The zero-order valence-electron chi connectivity index (χ0n) is 10.8. The van der Waals surface area contributed by atoms with Gasteiger partial charge in [-0.05, 0) is 19.1 Å². The number of nitrogens with two attached hydrogens (primary N) is 1. The van der Waals surface area contributed by atoms with Crippen LogP contribution in [0.4, 0.5) is 5.82 Å². The van der Waals surface area contributed by atoms with E-state index in [9.17, 15) is 0 Å². The van der Waals surface area contributed by atoms with Crippen LogP contribution in [-0.4, -0.2) is 23.5 Å². The van der Waals surface area contributed by atoms with Crippen molar-refractivity contribution in [2.24, 2.45) is 7.05 Å². The molecule has 96 valence electrons. The lowest BCUT2D eigenvalue weighted by atomic mass is 10.1. The van der Waals surface area contributed by atoms with Crippen LogP contribution >= 0.6 is 0 Å². The molecule has 0 spiro atoms. The smallest absolute Gasteiger partial charge is 0.131 e. The van der Waals surface area contributed by atoms with Crippen LogP contribution in [0.5, 0.6) is 11.5 Å². The molecule has 0 saturated carbocycles. The number of aryl methyl sites for hydroxylation is 1. The molecule has 18 heavy (non-hydrogen) atoms. The second kappa shape index (κ2) is 5.00. The van der Waals surface area contributed by atoms with Gasteiger partial charge in [0.25, 0.3) is 0 Å². The normalized spacial score (nSPS) is 10.4. The highest BCUT2D eigenvalue weighted by Gasteiger charge is 2.17. The van der Waals surface area contributed by atoms with E-state index in [1.165, 1.54) is 0 Å². The Kier molecular flexibility index (Phi) is 3.41. The van der Waals surface area contributed by atoms with Crippen molar-refractivity contribution in [3.05, 3.63) is 24.4 Å². The molecule has 2 N–H and O–H groups in total. The molecule has 0 amide bonds. The molecule has 0 saturated heterocycles. The third-order valence-corrected chi connectivity index (χ3v) is 2.76. The minimum atomic E-state index is 0.584. The Morgan fingerprint density at radius 2 is 2.06 bits per heavy atom. The number of benzene rings is 1. The first-order valence-electron chi connectivity index (χ1n) is 5.76. The van der Waals surface area contributed by atoms with E-state index in [-0.39, 0.29) is 0 Å². The van der Waals surface area contributed by atoms with E-state index >= 15 is 0 Å². The fourth-order valence-electron chi connectivity index (χ4n) is 1.86. The second-order valence-corrected chi connectivity index (χ2v) is 3.83. The van der Waals surface area contributed by atoms with E-state index < -0.39 is 0 Å². The lowest BCUT2D eigenvalue weighted by molar-refractivity contribution is 0.338. The van der Waals surface area contributed by atoms with Gasteiger partial charge in [0, 0.05) is 7.05 Å². The second-order valence-electron chi connectivity index (χ2n) is 3.83. The fourth-order valence-corrected chi connectivity index (χ4v) is 1.86. The Bertz CT molecular complexity index is 549. The lowest BCUT2D eigenvalue weighted by Gasteiger charge is -2.13. The molecule has 1 aromatic heterocycles. The van der Waals surface area contributed by atoms with Gasteiger partial charge in [-0.1, -0.05) is 6.07 Å². The fraction of sp³-hybridized carbons (Fsp3) is 0.308. The first-order chi connectivity index (χ1) is 8.69. The summed E-state index contributed by atoms with van der Waals surface area (Å²) >= 11 is 0. The minimum absolute atomic E-state index is 0.584. The average molecular weight is 247 g/mol. The molecular weight excluding hydrogens is 230 g/mol. The predicted octanol–water partition coefficient (Wildman–Crippen LogP) is 2.08. The summed E-state index contributed by atoms with van der Waals surface area (Å²) in [5, 5.41) is 4.15. The number of aromatic nitrogens is 2. The van der Waals surface area contributed by atoms with Crippen molar-refractivity contribution in [1.82, 2.24) is 9.78 Å². The van der Waals surface area contributed by atoms with Crippen molar-refractivity contribution in [2.75, 3.05) is 19.5 Å². The Hall–Kier alpha value is -2.17. The Morgan fingerprint density at radius 1 is 1.33 bits per heavy atom. The van der Waals surface area contributed by atoms with Crippen molar-refractivity contribution in [3.63, 3.8) is 0 Å². The van der Waals surface area contributed by atoms with Gasteiger partial charge < -0.3 is 15.2 Å². The molecule has 0 bridgehead atoms. The number of hydrogen-bond acceptors (Lipinski definition) is 4. The number of methoxy groups -OCH3 is 1. The van der Waals surface area contributed by atoms with Crippen LogP contribution in [0.1, 0.15) is 6.92 Å². The summed E-state index contributed by atoms with van der Waals surface area (Å²) in [6.45, 7) is 2.52. The standard InChI is InChI=1S/C13H17N3O2/c1-4-18-11-7-5-6-10(17-3)12(11)9-8-15-16(2)13(9)14/h5-8H,4,14H2,1-3H3. The third-order valence-electron chi connectivity index (χ3n) is 2.76. The third kappa shape index (κ3) is 1.99. The molecular formula is C13H17N3O2. The Morgan fingerprint density at radius 3 is 2.61 bits per heavy atom. The van der Waals surface area contributed by atoms with Gasteiger partial charge in [-0.25, -0.2) is 0 Å². The highest BCUT2D eigenvalue weighted by molar-refractivity contribution is 5.83. The average Bonchev–Trinajstić information content (AvgIpc) is 2.70. The highest BCUT2D eigenvalue weighted by Crippen LogP contribution is 2.40. The lowest BCUT2D eigenvalue weighted by Crippen LogP contribution is -2.00. The summed E-state index contributed by atoms with van der Waals surface area (Å²) < 4.78 is 12.6. The summed E-state index contributed by atoms with van der Waals surface area (Å²) in [6, 6.07) is 5.66. The molecule has 0 aliphatic rings. The maximum Gasteiger partial charge on any atom is 0.131 e. The number of anilines is 1. The number of nitrogens with zero attached hydrogens (tertiary/aromatic N) is 2. The van der Waals surface area contributed by atoms with Gasteiger partial charge >= 0.3 is 0 Å². The summed E-state index contributed by atoms with van der Waals surface area (Å²) in [6.07, 6.45) is 1.72. The van der Waals surface area contributed by atoms with Gasteiger partial charge in [0.1, 0.15) is 17.3 Å². The van der Waals surface area contributed by atoms with E-state index in [0.29, 0.717) is 12.4 Å². The molecule has 1 heterocycles. The Labute approximate surface area is 106 Å².